The van der Waals surface area contributed by atoms with Crippen molar-refractivity contribution in [2.75, 3.05) is 16.8 Å². The summed E-state index contributed by atoms with van der Waals surface area (Å²) in [5.41, 5.74) is 2.52. The monoisotopic (exact) mass is 338 g/mol. The first-order valence-corrected chi connectivity index (χ1v) is 8.00. The van der Waals surface area contributed by atoms with Gasteiger partial charge >= 0.3 is 0 Å². The number of fused-ring (bicyclic) bond motifs is 1. The maximum atomic E-state index is 11.6. The van der Waals surface area contributed by atoms with Crippen molar-refractivity contribution in [3.63, 3.8) is 0 Å². The standard InChI is InChI=1S/C15H19BrN2O2/c1-2-3-6-18(9-4-5-9)13-8-12-10(7-11(13)16)14(19)15(20)17-12/h7-9,14,19H,2-6H2,1H3,(H,17,20). The molecule has 0 saturated heterocycles. The Labute approximate surface area is 127 Å². The van der Waals surface area contributed by atoms with Gasteiger partial charge in [0.1, 0.15) is 0 Å². The third-order valence-corrected chi connectivity index (χ3v) is 4.60. The van der Waals surface area contributed by atoms with Crippen LogP contribution in [0.3, 0.4) is 0 Å². The summed E-state index contributed by atoms with van der Waals surface area (Å²) in [6, 6.07) is 4.48. The highest BCUT2D eigenvalue weighted by molar-refractivity contribution is 9.10. The maximum Gasteiger partial charge on any atom is 0.257 e. The van der Waals surface area contributed by atoms with Crippen molar-refractivity contribution in [3.05, 3.63) is 22.2 Å². The van der Waals surface area contributed by atoms with Crippen molar-refractivity contribution in [1.82, 2.24) is 0 Å². The molecule has 1 aromatic rings. The van der Waals surface area contributed by atoms with Gasteiger partial charge < -0.3 is 15.3 Å². The fourth-order valence-corrected chi connectivity index (χ4v) is 3.28. The lowest BCUT2D eigenvalue weighted by atomic mass is 10.1. The Morgan fingerprint density at radius 2 is 2.20 bits per heavy atom. The summed E-state index contributed by atoms with van der Waals surface area (Å²) in [4.78, 5) is 14.0. The van der Waals surface area contributed by atoms with E-state index in [1.165, 1.54) is 19.3 Å². The number of carbonyl (C=O) groups excluding carboxylic acids is 1. The third-order valence-electron chi connectivity index (χ3n) is 3.97. The summed E-state index contributed by atoms with van der Waals surface area (Å²) < 4.78 is 0.954. The first kappa shape index (κ1) is 13.9. The zero-order valence-electron chi connectivity index (χ0n) is 11.5. The van der Waals surface area contributed by atoms with E-state index < -0.39 is 6.10 Å². The second-order valence-electron chi connectivity index (χ2n) is 5.56. The molecule has 20 heavy (non-hydrogen) atoms. The van der Waals surface area contributed by atoms with Gasteiger partial charge in [-0.2, -0.15) is 0 Å². The molecule has 108 valence electrons. The van der Waals surface area contributed by atoms with Gasteiger partial charge in [-0.1, -0.05) is 13.3 Å². The van der Waals surface area contributed by atoms with Crippen LogP contribution < -0.4 is 10.2 Å². The van der Waals surface area contributed by atoms with Crippen LogP contribution in [0.25, 0.3) is 0 Å². The molecular formula is C15H19BrN2O2. The minimum atomic E-state index is -1.04. The maximum absolute atomic E-state index is 11.6. The summed E-state index contributed by atoms with van der Waals surface area (Å²) >= 11 is 3.59. The van der Waals surface area contributed by atoms with Crippen LogP contribution in [0.15, 0.2) is 16.6 Å². The van der Waals surface area contributed by atoms with Gasteiger partial charge in [-0.15, -0.1) is 0 Å². The molecule has 1 atom stereocenters. The lowest BCUT2D eigenvalue weighted by Gasteiger charge is -2.26. The minimum absolute atomic E-state index is 0.337. The number of amides is 1. The first-order chi connectivity index (χ1) is 9.61. The molecule has 1 fully saturated rings. The molecule has 1 amide bonds. The van der Waals surface area contributed by atoms with Crippen LogP contribution in [0.4, 0.5) is 11.4 Å². The van der Waals surface area contributed by atoms with Crippen LogP contribution in [-0.4, -0.2) is 23.6 Å². The van der Waals surface area contributed by atoms with Gasteiger partial charge in [0.05, 0.1) is 5.69 Å². The number of anilines is 2. The number of carbonyl (C=O) groups is 1. The molecule has 0 bridgehead atoms. The predicted molar refractivity (Wildman–Crippen MR) is 83.0 cm³/mol. The summed E-state index contributed by atoms with van der Waals surface area (Å²) in [5.74, 6) is -0.337. The SMILES string of the molecule is CCCCN(c1cc2c(cc1Br)C(O)C(=O)N2)C1CC1. The molecule has 4 nitrogen and oxygen atoms in total. The number of nitrogens with zero attached hydrogens (tertiary/aromatic N) is 1. The number of aliphatic hydroxyl groups is 1. The molecule has 1 aromatic carbocycles. The van der Waals surface area contributed by atoms with E-state index in [0.29, 0.717) is 11.6 Å². The van der Waals surface area contributed by atoms with Crippen LogP contribution in [0, 0.1) is 0 Å². The molecule has 1 aliphatic carbocycles. The molecule has 5 heteroatoms. The Hall–Kier alpha value is -1.07. The molecule has 1 saturated carbocycles. The van der Waals surface area contributed by atoms with E-state index in [4.69, 9.17) is 0 Å². The van der Waals surface area contributed by atoms with Crippen LogP contribution in [-0.2, 0) is 4.79 Å². The quantitative estimate of drug-likeness (QED) is 0.866. The minimum Gasteiger partial charge on any atom is -0.378 e. The predicted octanol–water partition coefficient (Wildman–Crippen LogP) is 3.20. The second kappa shape index (κ2) is 5.37. The van der Waals surface area contributed by atoms with Crippen LogP contribution >= 0.6 is 15.9 Å². The van der Waals surface area contributed by atoms with E-state index in [1.807, 2.05) is 12.1 Å². The van der Waals surface area contributed by atoms with Gasteiger partial charge in [0.15, 0.2) is 6.10 Å². The van der Waals surface area contributed by atoms with Crippen molar-refractivity contribution in [3.8, 4) is 0 Å². The largest absolute Gasteiger partial charge is 0.378 e. The third kappa shape index (κ3) is 2.44. The summed E-state index contributed by atoms with van der Waals surface area (Å²) in [6.45, 7) is 3.23. The van der Waals surface area contributed by atoms with Crippen molar-refractivity contribution in [2.45, 2.75) is 44.8 Å². The number of rotatable bonds is 5. The molecule has 1 aliphatic heterocycles. The van der Waals surface area contributed by atoms with E-state index >= 15 is 0 Å². The average molecular weight is 339 g/mol. The number of halogens is 1. The summed E-state index contributed by atoms with van der Waals surface area (Å²) in [6.07, 6.45) is 3.76. The van der Waals surface area contributed by atoms with E-state index in [1.54, 1.807) is 0 Å². The molecule has 3 rings (SSSR count). The van der Waals surface area contributed by atoms with Gasteiger partial charge in [-0.25, -0.2) is 0 Å². The van der Waals surface area contributed by atoms with E-state index in [-0.39, 0.29) is 5.91 Å². The first-order valence-electron chi connectivity index (χ1n) is 7.20. The van der Waals surface area contributed by atoms with Crippen molar-refractivity contribution in [1.29, 1.82) is 0 Å². The Morgan fingerprint density at radius 1 is 1.45 bits per heavy atom. The van der Waals surface area contributed by atoms with Gasteiger partial charge in [0, 0.05) is 28.3 Å². The Kier molecular flexibility index (Phi) is 3.73. The summed E-state index contributed by atoms with van der Waals surface area (Å²) in [7, 11) is 0. The lowest BCUT2D eigenvalue weighted by Crippen LogP contribution is -2.27. The molecule has 0 spiro atoms. The molecule has 1 unspecified atom stereocenters. The molecule has 2 aliphatic rings. The van der Waals surface area contributed by atoms with E-state index in [9.17, 15) is 9.90 Å². The van der Waals surface area contributed by atoms with Crippen molar-refractivity contribution < 1.29 is 9.90 Å². The lowest BCUT2D eigenvalue weighted by molar-refractivity contribution is -0.123. The smallest absolute Gasteiger partial charge is 0.257 e. The molecule has 0 radical (unpaired) electrons. The van der Waals surface area contributed by atoms with E-state index in [0.717, 1.165) is 28.8 Å². The van der Waals surface area contributed by atoms with Gasteiger partial charge in [0.25, 0.3) is 5.91 Å². The number of benzene rings is 1. The van der Waals surface area contributed by atoms with Crippen LogP contribution in [0.5, 0.6) is 0 Å². The molecule has 2 N–H and O–H groups in total. The Morgan fingerprint density at radius 3 is 2.85 bits per heavy atom. The fraction of sp³-hybridized carbons (Fsp3) is 0.533. The second-order valence-corrected chi connectivity index (χ2v) is 6.42. The van der Waals surface area contributed by atoms with Gasteiger partial charge in [-0.3, -0.25) is 4.79 Å². The fourth-order valence-electron chi connectivity index (χ4n) is 2.69. The summed E-state index contributed by atoms with van der Waals surface area (Å²) in [5, 5.41) is 12.6. The van der Waals surface area contributed by atoms with Crippen molar-refractivity contribution >= 4 is 33.2 Å². The highest BCUT2D eigenvalue weighted by atomic mass is 79.9. The number of unbranched alkanes of at least 4 members (excludes halogenated alkanes) is 1. The van der Waals surface area contributed by atoms with Crippen LogP contribution in [0.1, 0.15) is 44.3 Å². The average Bonchev–Trinajstić information content (AvgIpc) is 3.21. The van der Waals surface area contributed by atoms with Crippen LogP contribution in [0.2, 0.25) is 0 Å². The zero-order chi connectivity index (χ0) is 14.3. The normalized spacial score (nSPS) is 20.8. The number of aliphatic hydroxyl groups excluding tert-OH is 1. The number of hydrogen-bond acceptors (Lipinski definition) is 3. The molecule has 1 heterocycles. The van der Waals surface area contributed by atoms with Gasteiger partial charge in [-0.05, 0) is 47.3 Å². The van der Waals surface area contributed by atoms with Crippen molar-refractivity contribution in [2.24, 2.45) is 0 Å². The highest BCUT2D eigenvalue weighted by Gasteiger charge is 2.33. The molecular weight excluding hydrogens is 320 g/mol. The van der Waals surface area contributed by atoms with Gasteiger partial charge in [0.2, 0.25) is 0 Å². The topological polar surface area (TPSA) is 52.6 Å². The number of hydrogen-bond donors (Lipinski definition) is 2. The Bertz CT molecular complexity index is 543. The zero-order valence-corrected chi connectivity index (χ0v) is 13.1. The van der Waals surface area contributed by atoms with E-state index in [2.05, 4.69) is 33.1 Å². The molecule has 0 aromatic heterocycles. The highest BCUT2D eigenvalue weighted by Crippen LogP contribution is 2.42. The number of nitrogens with one attached hydrogen (secondary N) is 1. The Balaban J connectivity index is 1.93.